The second-order valence-corrected chi connectivity index (χ2v) is 7.71. The molecule has 0 radical (unpaired) electrons. The molecule has 0 amide bonds. The summed E-state index contributed by atoms with van der Waals surface area (Å²) in [4.78, 5) is 4.71. The molecule has 0 saturated carbocycles. The number of fused-ring (bicyclic) bond motifs is 3. The van der Waals surface area contributed by atoms with Crippen LogP contribution in [0.25, 0.3) is 16.7 Å². The minimum Gasteiger partial charge on any atom is -0.371 e. The Balaban J connectivity index is 1.60. The second-order valence-electron chi connectivity index (χ2n) is 7.71. The summed E-state index contributed by atoms with van der Waals surface area (Å²) in [5.74, 6) is 1.03. The SMILES string of the molecule is CCCCCCCCCCCNc1cc(C)c(C#N)c2nc3ccccc3n12. The Morgan fingerprint density at radius 1 is 1.00 bits per heavy atom. The Bertz CT molecular complexity index is 949. The molecule has 4 nitrogen and oxygen atoms in total. The maximum Gasteiger partial charge on any atom is 0.157 e. The Labute approximate surface area is 168 Å². The average Bonchev–Trinajstić information content (AvgIpc) is 3.09. The van der Waals surface area contributed by atoms with Crippen LogP contribution in [0.15, 0.2) is 30.3 Å². The number of hydrogen-bond donors (Lipinski definition) is 1. The first-order chi connectivity index (χ1) is 13.8. The minimum atomic E-state index is 0.657. The molecule has 0 bridgehead atoms. The molecule has 0 aliphatic carbocycles. The van der Waals surface area contributed by atoms with E-state index >= 15 is 0 Å². The zero-order chi connectivity index (χ0) is 19.8. The van der Waals surface area contributed by atoms with Crippen molar-refractivity contribution < 1.29 is 0 Å². The Morgan fingerprint density at radius 3 is 2.39 bits per heavy atom. The van der Waals surface area contributed by atoms with E-state index in [1.165, 1.54) is 57.8 Å². The molecule has 28 heavy (non-hydrogen) atoms. The maximum atomic E-state index is 9.57. The van der Waals surface area contributed by atoms with Crippen molar-refractivity contribution in [2.45, 2.75) is 71.6 Å². The number of benzene rings is 1. The highest BCUT2D eigenvalue weighted by Crippen LogP contribution is 2.26. The lowest BCUT2D eigenvalue weighted by molar-refractivity contribution is 0.569. The van der Waals surface area contributed by atoms with Crippen LogP contribution in [0, 0.1) is 18.3 Å². The topological polar surface area (TPSA) is 53.1 Å². The van der Waals surface area contributed by atoms with Gasteiger partial charge in [-0.2, -0.15) is 5.26 Å². The number of rotatable bonds is 11. The summed E-state index contributed by atoms with van der Waals surface area (Å²) in [5.41, 5.74) is 4.35. The van der Waals surface area contributed by atoms with Crippen LogP contribution in [0.3, 0.4) is 0 Å². The monoisotopic (exact) mass is 376 g/mol. The zero-order valence-electron chi connectivity index (χ0n) is 17.3. The first-order valence-corrected chi connectivity index (χ1v) is 10.8. The van der Waals surface area contributed by atoms with E-state index in [1.807, 2.05) is 25.1 Å². The van der Waals surface area contributed by atoms with Gasteiger partial charge in [0, 0.05) is 6.54 Å². The molecule has 0 atom stereocenters. The normalized spacial score (nSPS) is 11.2. The van der Waals surface area contributed by atoms with Gasteiger partial charge in [0.1, 0.15) is 11.9 Å². The van der Waals surface area contributed by atoms with Crippen LogP contribution < -0.4 is 5.32 Å². The highest BCUT2D eigenvalue weighted by atomic mass is 15.1. The largest absolute Gasteiger partial charge is 0.371 e. The van der Waals surface area contributed by atoms with Crippen LogP contribution in [-0.2, 0) is 0 Å². The van der Waals surface area contributed by atoms with Crippen molar-refractivity contribution in [2.24, 2.45) is 0 Å². The van der Waals surface area contributed by atoms with Crippen LogP contribution >= 0.6 is 0 Å². The van der Waals surface area contributed by atoms with Gasteiger partial charge in [0.05, 0.1) is 16.6 Å². The Hall–Kier alpha value is -2.54. The lowest BCUT2D eigenvalue weighted by Crippen LogP contribution is -2.07. The number of para-hydroxylation sites is 2. The molecule has 2 heterocycles. The Kier molecular flexibility index (Phi) is 7.31. The van der Waals surface area contributed by atoms with Crippen molar-refractivity contribution >= 4 is 22.5 Å². The van der Waals surface area contributed by atoms with E-state index in [0.29, 0.717) is 5.56 Å². The van der Waals surface area contributed by atoms with Gasteiger partial charge in [-0.1, -0.05) is 70.4 Å². The first kappa shape index (κ1) is 20.2. The van der Waals surface area contributed by atoms with Crippen LogP contribution in [0.4, 0.5) is 5.82 Å². The van der Waals surface area contributed by atoms with E-state index in [4.69, 9.17) is 4.98 Å². The summed E-state index contributed by atoms with van der Waals surface area (Å²) in [5, 5.41) is 13.2. The number of aryl methyl sites for hydroxylation is 1. The summed E-state index contributed by atoms with van der Waals surface area (Å²) in [6.45, 7) is 5.20. The third-order valence-electron chi connectivity index (χ3n) is 5.47. The third-order valence-corrected chi connectivity index (χ3v) is 5.47. The molecule has 0 aliphatic rings. The molecule has 1 N–H and O–H groups in total. The van der Waals surface area contributed by atoms with Crippen molar-refractivity contribution in [3.8, 4) is 6.07 Å². The number of imidazole rings is 1. The fourth-order valence-corrected chi connectivity index (χ4v) is 3.88. The van der Waals surface area contributed by atoms with Crippen molar-refractivity contribution in [3.05, 3.63) is 41.5 Å². The standard InChI is InChI=1S/C24H32N4/c1-3-4-5-6-7-8-9-10-13-16-26-23-17-19(2)20(18-25)24-27-21-14-11-12-15-22(21)28(23)24/h11-12,14-15,17,26H,3-10,13,16H2,1-2H3. The third kappa shape index (κ3) is 4.65. The highest BCUT2D eigenvalue weighted by Gasteiger charge is 2.14. The van der Waals surface area contributed by atoms with E-state index in [0.717, 1.165) is 34.6 Å². The maximum absolute atomic E-state index is 9.57. The summed E-state index contributed by atoms with van der Waals surface area (Å²) in [7, 11) is 0. The number of unbranched alkanes of at least 4 members (excludes halogenated alkanes) is 8. The lowest BCUT2D eigenvalue weighted by atomic mass is 10.1. The highest BCUT2D eigenvalue weighted by molar-refractivity contribution is 5.85. The molecule has 3 aromatic rings. The van der Waals surface area contributed by atoms with Crippen LogP contribution in [0.5, 0.6) is 0 Å². The van der Waals surface area contributed by atoms with Gasteiger partial charge < -0.3 is 5.32 Å². The predicted octanol–water partition coefficient (Wildman–Crippen LogP) is 6.61. The summed E-state index contributed by atoms with van der Waals surface area (Å²) in [6.07, 6.45) is 12.0. The molecule has 4 heteroatoms. The van der Waals surface area contributed by atoms with Crippen molar-refractivity contribution in [1.82, 2.24) is 9.38 Å². The van der Waals surface area contributed by atoms with Gasteiger partial charge in [-0.3, -0.25) is 4.40 Å². The molecular formula is C24H32N4. The van der Waals surface area contributed by atoms with E-state index in [2.05, 4.69) is 34.8 Å². The summed E-state index contributed by atoms with van der Waals surface area (Å²) >= 11 is 0. The average molecular weight is 377 g/mol. The fourth-order valence-electron chi connectivity index (χ4n) is 3.88. The molecule has 0 fully saturated rings. The molecular weight excluding hydrogens is 344 g/mol. The molecule has 3 rings (SSSR count). The van der Waals surface area contributed by atoms with E-state index in [-0.39, 0.29) is 0 Å². The lowest BCUT2D eigenvalue weighted by Gasteiger charge is -2.12. The van der Waals surface area contributed by atoms with Crippen LogP contribution in [0.2, 0.25) is 0 Å². The van der Waals surface area contributed by atoms with Crippen molar-refractivity contribution in [2.75, 3.05) is 11.9 Å². The number of hydrogen-bond acceptors (Lipinski definition) is 3. The Morgan fingerprint density at radius 2 is 1.68 bits per heavy atom. The van der Waals surface area contributed by atoms with Crippen molar-refractivity contribution in [1.29, 1.82) is 5.26 Å². The quantitative estimate of drug-likeness (QED) is 0.383. The van der Waals surface area contributed by atoms with Gasteiger partial charge in [0.15, 0.2) is 5.65 Å². The number of nitrogens with one attached hydrogen (secondary N) is 1. The van der Waals surface area contributed by atoms with E-state index in [1.54, 1.807) is 0 Å². The molecule has 0 unspecified atom stereocenters. The van der Waals surface area contributed by atoms with Gasteiger partial charge >= 0.3 is 0 Å². The van der Waals surface area contributed by atoms with Crippen LogP contribution in [0.1, 0.15) is 75.8 Å². The molecule has 0 aliphatic heterocycles. The molecule has 1 aromatic carbocycles. The fraction of sp³-hybridized carbons (Fsp3) is 0.500. The van der Waals surface area contributed by atoms with Crippen LogP contribution in [-0.4, -0.2) is 15.9 Å². The van der Waals surface area contributed by atoms with E-state index in [9.17, 15) is 5.26 Å². The number of nitriles is 1. The minimum absolute atomic E-state index is 0.657. The molecule has 148 valence electrons. The van der Waals surface area contributed by atoms with Crippen molar-refractivity contribution in [3.63, 3.8) is 0 Å². The zero-order valence-corrected chi connectivity index (χ0v) is 17.3. The number of aromatic nitrogens is 2. The van der Waals surface area contributed by atoms with Gasteiger partial charge in [0.2, 0.25) is 0 Å². The first-order valence-electron chi connectivity index (χ1n) is 10.8. The molecule has 0 spiro atoms. The van der Waals surface area contributed by atoms with Gasteiger partial charge in [-0.15, -0.1) is 0 Å². The van der Waals surface area contributed by atoms with Gasteiger partial charge in [-0.25, -0.2) is 4.98 Å². The summed E-state index contributed by atoms with van der Waals surface area (Å²) < 4.78 is 2.09. The second kappa shape index (κ2) is 10.1. The van der Waals surface area contributed by atoms with Gasteiger partial charge in [0.25, 0.3) is 0 Å². The predicted molar refractivity (Wildman–Crippen MR) is 118 cm³/mol. The smallest absolute Gasteiger partial charge is 0.157 e. The number of pyridine rings is 1. The number of nitrogens with zero attached hydrogens (tertiary/aromatic N) is 3. The number of anilines is 1. The molecule has 2 aromatic heterocycles. The van der Waals surface area contributed by atoms with E-state index < -0.39 is 0 Å². The van der Waals surface area contributed by atoms with Gasteiger partial charge in [-0.05, 0) is 37.1 Å². The summed E-state index contributed by atoms with van der Waals surface area (Å²) in [6, 6.07) is 12.5. The molecule has 0 saturated heterocycles.